The van der Waals surface area contributed by atoms with Crippen molar-refractivity contribution in [2.24, 2.45) is 0 Å². The van der Waals surface area contributed by atoms with E-state index in [0.29, 0.717) is 28.2 Å². The predicted octanol–water partition coefficient (Wildman–Crippen LogP) is 0.388. The van der Waals surface area contributed by atoms with Crippen LogP contribution < -0.4 is 76.1 Å². The number of nitrogens with zero attached hydrogens (tertiary/aromatic N) is 1. The van der Waals surface area contributed by atoms with Crippen LogP contribution in [0.3, 0.4) is 0 Å². The second-order valence-corrected chi connectivity index (χ2v) is 8.18. The average Bonchev–Trinajstić information content (AvgIpc) is 3.34. The molecule has 8 heteroatoms. The Morgan fingerprint density at radius 3 is 2.47 bits per heavy atom. The van der Waals surface area contributed by atoms with Crippen molar-refractivity contribution in [2.75, 3.05) is 13.9 Å². The molecule has 0 amide bonds. The van der Waals surface area contributed by atoms with Crippen molar-refractivity contribution in [3.63, 3.8) is 0 Å². The third-order valence-corrected chi connectivity index (χ3v) is 6.19. The van der Waals surface area contributed by atoms with Gasteiger partial charge in [-0.15, -0.1) is 0 Å². The predicted molar refractivity (Wildman–Crippen MR) is 130 cm³/mol. The monoisotopic (exact) mass is 507 g/mol. The first-order valence-electron chi connectivity index (χ1n) is 11.0. The molecule has 1 aliphatic rings. The molecule has 0 saturated heterocycles. The molecule has 36 heavy (non-hydrogen) atoms. The van der Waals surface area contributed by atoms with E-state index < -0.39 is 5.97 Å². The number of para-hydroxylation sites is 1. The minimum atomic E-state index is -1.42. The Balaban J connectivity index is 0.00000304. The number of ether oxygens (including phenoxy) is 3. The van der Waals surface area contributed by atoms with Crippen LogP contribution in [-0.2, 0) is 13.0 Å². The fourth-order valence-electron chi connectivity index (χ4n) is 4.46. The molecular formula is C28H22KNO6. The molecule has 3 aromatic carbocycles. The minimum absolute atomic E-state index is 0. The summed E-state index contributed by atoms with van der Waals surface area (Å²) in [7, 11) is 1.57. The van der Waals surface area contributed by atoms with Gasteiger partial charge >= 0.3 is 51.4 Å². The van der Waals surface area contributed by atoms with Gasteiger partial charge in [-0.3, -0.25) is 4.79 Å². The number of carbonyl (C=O) groups is 1. The summed E-state index contributed by atoms with van der Waals surface area (Å²) in [4.78, 5) is 26.0. The van der Waals surface area contributed by atoms with E-state index in [1.807, 2.05) is 24.3 Å². The van der Waals surface area contributed by atoms with Gasteiger partial charge < -0.3 is 28.7 Å². The van der Waals surface area contributed by atoms with Crippen molar-refractivity contribution in [1.82, 2.24) is 4.57 Å². The molecule has 0 atom stereocenters. The van der Waals surface area contributed by atoms with E-state index in [2.05, 4.69) is 6.58 Å². The Labute approximate surface area is 250 Å². The topological polar surface area (TPSA) is 89.8 Å². The van der Waals surface area contributed by atoms with E-state index in [0.717, 1.165) is 16.7 Å². The van der Waals surface area contributed by atoms with Gasteiger partial charge in [-0.25, -0.2) is 0 Å². The van der Waals surface area contributed by atoms with Gasteiger partial charge in [0, 0.05) is 23.9 Å². The third kappa shape index (κ3) is 4.87. The SMILES string of the molecule is C=Cc1cc2c(cc1Cn1c(C(=O)[O-])c(Cc3ccc(OC)cc3)c(=O)c3ccccc31)OCO2.[K+]. The van der Waals surface area contributed by atoms with Gasteiger partial charge in [0.25, 0.3) is 0 Å². The maximum Gasteiger partial charge on any atom is 1.00 e. The third-order valence-electron chi connectivity index (χ3n) is 6.19. The molecule has 0 radical (unpaired) electrons. The molecular weight excluding hydrogens is 485 g/mol. The second kappa shape index (κ2) is 11.0. The van der Waals surface area contributed by atoms with Crippen molar-refractivity contribution in [1.29, 1.82) is 0 Å². The first-order chi connectivity index (χ1) is 17.0. The molecule has 0 spiro atoms. The van der Waals surface area contributed by atoms with E-state index in [4.69, 9.17) is 14.2 Å². The molecule has 0 N–H and O–H groups in total. The van der Waals surface area contributed by atoms with Crippen LogP contribution in [0.1, 0.15) is 32.7 Å². The molecule has 0 bridgehead atoms. The zero-order valence-electron chi connectivity index (χ0n) is 20.1. The Hall–Kier alpha value is -2.88. The first-order valence-corrected chi connectivity index (χ1v) is 11.0. The van der Waals surface area contributed by atoms with Crippen LogP contribution >= 0.6 is 0 Å². The number of fused-ring (bicyclic) bond motifs is 2. The smallest absolute Gasteiger partial charge is 0.543 e. The number of hydrogen-bond donors (Lipinski definition) is 0. The van der Waals surface area contributed by atoms with Crippen molar-refractivity contribution in [3.8, 4) is 17.2 Å². The summed E-state index contributed by atoms with van der Waals surface area (Å²) in [5.41, 5.74) is 2.51. The molecule has 4 aromatic rings. The van der Waals surface area contributed by atoms with Crippen molar-refractivity contribution in [2.45, 2.75) is 13.0 Å². The summed E-state index contributed by atoms with van der Waals surface area (Å²) in [6, 6.07) is 17.8. The van der Waals surface area contributed by atoms with E-state index in [-0.39, 0.29) is 87.8 Å². The van der Waals surface area contributed by atoms with Gasteiger partial charge in [-0.1, -0.05) is 36.9 Å². The van der Waals surface area contributed by atoms with Crippen molar-refractivity contribution < 1.29 is 75.5 Å². The van der Waals surface area contributed by atoms with E-state index >= 15 is 0 Å². The number of aromatic nitrogens is 1. The molecule has 0 aliphatic carbocycles. The summed E-state index contributed by atoms with van der Waals surface area (Å²) in [5.74, 6) is 0.431. The Bertz CT molecular complexity index is 1520. The number of rotatable bonds is 7. The summed E-state index contributed by atoms with van der Waals surface area (Å²) < 4.78 is 17.8. The van der Waals surface area contributed by atoms with Gasteiger partial charge in [0.05, 0.1) is 24.3 Å². The van der Waals surface area contributed by atoms with Crippen LogP contribution in [-0.4, -0.2) is 24.4 Å². The molecule has 0 unspecified atom stereocenters. The summed E-state index contributed by atoms with van der Waals surface area (Å²) in [5, 5.41) is 12.9. The zero-order valence-corrected chi connectivity index (χ0v) is 23.2. The summed E-state index contributed by atoms with van der Waals surface area (Å²) in [6.45, 7) is 4.17. The van der Waals surface area contributed by atoms with Gasteiger partial charge in [0.2, 0.25) is 6.79 Å². The van der Waals surface area contributed by atoms with E-state index in [1.54, 1.807) is 54.2 Å². The molecule has 1 aromatic heterocycles. The second-order valence-electron chi connectivity index (χ2n) is 8.18. The number of carboxylic acid groups (broad SMARTS) is 1. The molecule has 0 fully saturated rings. The normalized spacial score (nSPS) is 11.7. The number of methoxy groups -OCH3 is 1. The van der Waals surface area contributed by atoms with Crippen molar-refractivity contribution >= 4 is 22.9 Å². The van der Waals surface area contributed by atoms with Gasteiger partial charge in [-0.05, 0) is 53.1 Å². The Morgan fingerprint density at radius 2 is 1.81 bits per heavy atom. The quantitative estimate of drug-likeness (QED) is 0.336. The number of benzene rings is 3. The molecule has 2 heterocycles. The fraction of sp³-hybridized carbons (Fsp3) is 0.143. The van der Waals surface area contributed by atoms with E-state index in [9.17, 15) is 14.7 Å². The molecule has 5 rings (SSSR count). The standard InChI is InChI=1S/C28H23NO6.K/c1-3-18-13-24-25(35-16-34-24)14-19(18)15-29-23-7-5-4-6-21(23)27(30)22(26(29)28(31)32)12-17-8-10-20(33-2)11-9-17;/h3-11,13-14H,1,12,15-16H2,2H3,(H,31,32);/q;+1/p-1. The van der Waals surface area contributed by atoms with Crippen LogP contribution in [0.25, 0.3) is 17.0 Å². The largest absolute Gasteiger partial charge is 1.00 e. The zero-order chi connectivity index (χ0) is 24.5. The number of hydrogen-bond acceptors (Lipinski definition) is 6. The van der Waals surface area contributed by atoms with Gasteiger partial charge in [0.15, 0.2) is 16.9 Å². The van der Waals surface area contributed by atoms with Gasteiger partial charge in [-0.2, -0.15) is 0 Å². The van der Waals surface area contributed by atoms with Gasteiger partial charge in [0.1, 0.15) is 5.75 Å². The van der Waals surface area contributed by atoms with Crippen LogP contribution in [0.2, 0.25) is 0 Å². The van der Waals surface area contributed by atoms with Crippen LogP contribution in [0.15, 0.2) is 72.0 Å². The minimum Gasteiger partial charge on any atom is -0.543 e. The number of carboxylic acids is 1. The van der Waals surface area contributed by atoms with Crippen molar-refractivity contribution in [3.05, 3.63) is 105 Å². The Kier molecular flexibility index (Phi) is 8.02. The summed E-state index contributed by atoms with van der Waals surface area (Å²) in [6.07, 6.45) is 1.81. The number of pyridine rings is 1. The number of carbonyl (C=O) groups excluding carboxylic acids is 1. The van der Waals surface area contributed by atoms with Crippen LogP contribution in [0.5, 0.6) is 17.2 Å². The average molecular weight is 508 g/mol. The first kappa shape index (κ1) is 26.2. The number of aromatic carboxylic acids is 1. The molecule has 176 valence electrons. The van der Waals surface area contributed by atoms with Crippen LogP contribution in [0, 0.1) is 0 Å². The fourth-order valence-corrected chi connectivity index (χ4v) is 4.46. The molecule has 0 saturated carbocycles. The maximum absolute atomic E-state index is 13.5. The van der Waals surface area contributed by atoms with Crippen LogP contribution in [0.4, 0.5) is 0 Å². The Morgan fingerprint density at radius 1 is 1.11 bits per heavy atom. The van der Waals surface area contributed by atoms with E-state index in [1.165, 1.54) is 0 Å². The maximum atomic E-state index is 13.5. The molecule has 1 aliphatic heterocycles. The molecule has 7 nitrogen and oxygen atoms in total. The summed E-state index contributed by atoms with van der Waals surface area (Å²) >= 11 is 0.